The number of rotatable bonds is 2. The van der Waals surface area contributed by atoms with E-state index in [9.17, 15) is 22.8 Å². The Bertz CT molecular complexity index is 799. The smallest absolute Gasteiger partial charge is 0.297 e. The van der Waals surface area contributed by atoms with E-state index in [-0.39, 0.29) is 17.1 Å². The van der Waals surface area contributed by atoms with Crippen molar-refractivity contribution in [3.63, 3.8) is 0 Å². The zero-order chi connectivity index (χ0) is 15.0. The van der Waals surface area contributed by atoms with Gasteiger partial charge in [0.2, 0.25) is 0 Å². The summed E-state index contributed by atoms with van der Waals surface area (Å²) in [7, 11) is 0. The quantitative estimate of drug-likeness (QED) is 0.683. The summed E-state index contributed by atoms with van der Waals surface area (Å²) in [5.41, 5.74) is -2.80. The monoisotopic (exact) mass is 304 g/mol. The molecule has 0 radical (unpaired) electrons. The summed E-state index contributed by atoms with van der Waals surface area (Å²) < 4.78 is 40.3. The summed E-state index contributed by atoms with van der Waals surface area (Å²) in [4.78, 5) is 25.9. The lowest BCUT2D eigenvalue weighted by atomic mass is 10.2. The van der Waals surface area contributed by atoms with Gasteiger partial charge in [-0.3, -0.25) is 9.78 Å². The molecule has 0 saturated carbocycles. The minimum atomic E-state index is -1.50. The van der Waals surface area contributed by atoms with Crippen LogP contribution in [0.3, 0.4) is 0 Å². The molecule has 1 N–H and O–H groups in total. The van der Waals surface area contributed by atoms with Gasteiger partial charge in [-0.25, -0.2) is 22.5 Å². The maximum atomic E-state index is 13.7. The topological polar surface area (TPSA) is 54.9 Å². The molecular weight excluding hydrogens is 297 g/mol. The molecule has 0 bridgehead atoms. The molecule has 0 aliphatic carbocycles. The van der Waals surface area contributed by atoms with Crippen molar-refractivity contribution in [2.24, 2.45) is 0 Å². The average molecular weight is 305 g/mol. The van der Waals surface area contributed by atoms with Crippen molar-refractivity contribution in [2.45, 2.75) is 13.3 Å². The summed E-state index contributed by atoms with van der Waals surface area (Å²) in [5.74, 6) is -4.11. The van der Waals surface area contributed by atoms with Crippen molar-refractivity contribution in [1.82, 2.24) is 9.55 Å². The number of benzene rings is 1. The third-order valence-electron chi connectivity index (χ3n) is 2.71. The maximum absolute atomic E-state index is 13.7. The molecular formula is C12H8ClF3N2O2. The van der Waals surface area contributed by atoms with Gasteiger partial charge in [-0.2, -0.15) is 0 Å². The molecule has 0 unspecified atom stereocenters. The van der Waals surface area contributed by atoms with E-state index in [1.807, 2.05) is 0 Å². The molecule has 20 heavy (non-hydrogen) atoms. The highest BCUT2D eigenvalue weighted by atomic mass is 35.5. The first-order valence-corrected chi connectivity index (χ1v) is 5.93. The molecule has 2 rings (SSSR count). The van der Waals surface area contributed by atoms with Gasteiger partial charge in [0.05, 0.1) is 11.3 Å². The second-order valence-corrected chi connectivity index (χ2v) is 4.32. The molecule has 0 spiro atoms. The minimum absolute atomic E-state index is 0.00957. The normalized spacial score (nSPS) is 10.8. The van der Waals surface area contributed by atoms with Crippen molar-refractivity contribution >= 4 is 11.6 Å². The van der Waals surface area contributed by atoms with Crippen LogP contribution in [0.15, 0.2) is 21.7 Å². The van der Waals surface area contributed by atoms with Crippen molar-refractivity contribution < 1.29 is 13.2 Å². The zero-order valence-corrected chi connectivity index (χ0v) is 10.9. The van der Waals surface area contributed by atoms with Crippen LogP contribution >= 0.6 is 11.6 Å². The van der Waals surface area contributed by atoms with E-state index in [2.05, 4.69) is 4.98 Å². The van der Waals surface area contributed by atoms with Gasteiger partial charge in [0.1, 0.15) is 11.0 Å². The molecule has 1 aromatic carbocycles. The Morgan fingerprint density at radius 1 is 1.25 bits per heavy atom. The van der Waals surface area contributed by atoms with Gasteiger partial charge in [-0.05, 0) is 6.42 Å². The molecule has 0 aliphatic heterocycles. The maximum Gasteiger partial charge on any atom is 0.334 e. The lowest BCUT2D eigenvalue weighted by molar-refractivity contribution is 0.488. The van der Waals surface area contributed by atoms with E-state index in [0.717, 1.165) is 0 Å². The van der Waals surface area contributed by atoms with E-state index >= 15 is 0 Å². The fourth-order valence-corrected chi connectivity index (χ4v) is 2.07. The van der Waals surface area contributed by atoms with Gasteiger partial charge in [-0.15, -0.1) is 0 Å². The van der Waals surface area contributed by atoms with Crippen LogP contribution in [0.2, 0.25) is 5.15 Å². The second-order valence-electron chi connectivity index (χ2n) is 3.94. The van der Waals surface area contributed by atoms with Crippen LogP contribution in [0, 0.1) is 17.5 Å². The van der Waals surface area contributed by atoms with Gasteiger partial charge in [0.15, 0.2) is 11.6 Å². The Morgan fingerprint density at radius 3 is 2.50 bits per heavy atom. The molecule has 2 aromatic rings. The largest absolute Gasteiger partial charge is 0.334 e. The van der Waals surface area contributed by atoms with Crippen LogP contribution in [0.25, 0.3) is 5.69 Å². The molecule has 0 fully saturated rings. The number of hydrogen-bond acceptors (Lipinski definition) is 2. The van der Waals surface area contributed by atoms with Crippen LogP contribution in [0.4, 0.5) is 13.2 Å². The SMILES string of the molecule is CCc1c(Cl)[nH]c(=O)n(-c2cc(F)cc(F)c2F)c1=O. The summed E-state index contributed by atoms with van der Waals surface area (Å²) in [6, 6.07) is 0.872. The Morgan fingerprint density at radius 2 is 1.90 bits per heavy atom. The number of aromatic amines is 1. The highest BCUT2D eigenvalue weighted by molar-refractivity contribution is 6.30. The summed E-state index contributed by atoms with van der Waals surface area (Å²) >= 11 is 5.69. The fraction of sp³-hybridized carbons (Fsp3) is 0.167. The third kappa shape index (κ3) is 2.24. The van der Waals surface area contributed by atoms with Gasteiger partial charge >= 0.3 is 5.69 Å². The van der Waals surface area contributed by atoms with E-state index in [0.29, 0.717) is 16.7 Å². The molecule has 0 aliphatic rings. The number of H-pyrrole nitrogens is 1. The number of halogens is 4. The average Bonchev–Trinajstić information content (AvgIpc) is 2.35. The molecule has 0 amide bonds. The lowest BCUT2D eigenvalue weighted by Gasteiger charge is -2.09. The Kier molecular flexibility index (Phi) is 3.71. The van der Waals surface area contributed by atoms with Crippen LogP contribution in [0.1, 0.15) is 12.5 Å². The van der Waals surface area contributed by atoms with E-state index < -0.39 is 34.4 Å². The fourth-order valence-electron chi connectivity index (χ4n) is 1.78. The molecule has 1 aromatic heterocycles. The summed E-state index contributed by atoms with van der Waals surface area (Å²) in [6.07, 6.45) is 0.161. The first kappa shape index (κ1) is 14.4. The van der Waals surface area contributed by atoms with E-state index in [1.54, 1.807) is 6.92 Å². The Labute approximate surface area is 115 Å². The van der Waals surface area contributed by atoms with Crippen molar-refractivity contribution in [1.29, 1.82) is 0 Å². The van der Waals surface area contributed by atoms with E-state index in [4.69, 9.17) is 11.6 Å². The van der Waals surface area contributed by atoms with Crippen LogP contribution < -0.4 is 11.2 Å². The second kappa shape index (κ2) is 5.16. The predicted molar refractivity (Wildman–Crippen MR) is 66.9 cm³/mol. The molecule has 8 heteroatoms. The third-order valence-corrected chi connectivity index (χ3v) is 3.04. The van der Waals surface area contributed by atoms with Gasteiger partial charge in [0.25, 0.3) is 5.56 Å². The Balaban J connectivity index is 2.91. The van der Waals surface area contributed by atoms with Gasteiger partial charge < -0.3 is 0 Å². The minimum Gasteiger partial charge on any atom is -0.297 e. The van der Waals surface area contributed by atoms with Crippen molar-refractivity contribution in [3.05, 3.63) is 61.1 Å². The molecule has 0 atom stereocenters. The van der Waals surface area contributed by atoms with Gasteiger partial charge in [0, 0.05) is 12.1 Å². The number of aromatic nitrogens is 2. The van der Waals surface area contributed by atoms with Crippen LogP contribution in [-0.2, 0) is 6.42 Å². The molecule has 0 saturated heterocycles. The predicted octanol–water partition coefficient (Wildman–Crippen LogP) is 2.16. The number of nitrogens with zero attached hydrogens (tertiary/aromatic N) is 1. The highest BCUT2D eigenvalue weighted by Crippen LogP contribution is 2.17. The first-order chi connectivity index (χ1) is 9.36. The molecule has 106 valence electrons. The Hall–Kier alpha value is -2.02. The number of hydrogen-bond donors (Lipinski definition) is 1. The van der Waals surface area contributed by atoms with Crippen molar-refractivity contribution in [3.8, 4) is 5.69 Å². The van der Waals surface area contributed by atoms with E-state index in [1.165, 1.54) is 0 Å². The van der Waals surface area contributed by atoms with Crippen molar-refractivity contribution in [2.75, 3.05) is 0 Å². The van der Waals surface area contributed by atoms with Gasteiger partial charge in [-0.1, -0.05) is 18.5 Å². The summed E-state index contributed by atoms with van der Waals surface area (Å²) in [5, 5.41) is -0.184. The standard InChI is InChI=1S/C12H8ClF3N2O2/c1-2-6-10(13)17-12(20)18(11(6)19)8-4-5(14)3-7(15)9(8)16/h3-4H,2H2,1H3,(H,17,20). The molecule has 4 nitrogen and oxygen atoms in total. The van der Waals surface area contributed by atoms with Crippen LogP contribution in [-0.4, -0.2) is 9.55 Å². The zero-order valence-electron chi connectivity index (χ0n) is 10.1. The first-order valence-electron chi connectivity index (χ1n) is 5.55. The van der Waals surface area contributed by atoms with Crippen LogP contribution in [0.5, 0.6) is 0 Å². The lowest BCUT2D eigenvalue weighted by Crippen LogP contribution is -2.36. The summed E-state index contributed by atoms with van der Waals surface area (Å²) in [6.45, 7) is 1.59. The molecule has 1 heterocycles. The number of nitrogens with one attached hydrogen (secondary N) is 1. The highest BCUT2D eigenvalue weighted by Gasteiger charge is 2.19.